The summed E-state index contributed by atoms with van der Waals surface area (Å²) in [6.45, 7) is 0. The van der Waals surface area contributed by atoms with E-state index in [4.69, 9.17) is 0 Å². The summed E-state index contributed by atoms with van der Waals surface area (Å²) >= 11 is 0. The normalized spacial score (nSPS) is 9.00. The van der Waals surface area contributed by atoms with Crippen LogP contribution in [-0.2, 0) is 5.11 Å². The predicted molar refractivity (Wildman–Crippen MR) is 23.7 cm³/mol. The molecule has 1 aromatic heterocycles. The van der Waals surface area contributed by atoms with E-state index in [0.717, 1.165) is 4.68 Å². The topological polar surface area (TPSA) is 54.8 Å². The smallest absolute Gasteiger partial charge is 0.218 e. The molecule has 4 heteroatoms. The Morgan fingerprint density at radius 2 is 2.38 bits per heavy atom. The van der Waals surface area contributed by atoms with Crippen molar-refractivity contribution in [1.29, 1.82) is 0 Å². The summed E-state index contributed by atoms with van der Waals surface area (Å²) in [5, 5.41) is 13.2. The fraction of sp³-hybridized carbons (Fsp3) is 0. The van der Waals surface area contributed by atoms with Crippen molar-refractivity contribution < 1.29 is 9.90 Å². The van der Waals surface area contributed by atoms with Gasteiger partial charge in [0.15, 0.2) is 0 Å². The van der Waals surface area contributed by atoms with E-state index in [-0.39, 0.29) is 0 Å². The molecular formula is C4H3N2O2. The molecule has 0 bridgehead atoms. The molecule has 1 heterocycles. The van der Waals surface area contributed by atoms with Crippen LogP contribution in [0.4, 0.5) is 4.79 Å². The molecule has 0 aliphatic heterocycles. The molecule has 0 spiro atoms. The second kappa shape index (κ2) is 1.65. The second-order valence-electron chi connectivity index (χ2n) is 1.22. The van der Waals surface area contributed by atoms with Crippen LogP contribution < -0.4 is 0 Å². The zero-order valence-corrected chi connectivity index (χ0v) is 3.94. The van der Waals surface area contributed by atoms with Gasteiger partial charge in [0.05, 0.1) is 0 Å². The molecule has 0 amide bonds. The van der Waals surface area contributed by atoms with Crippen molar-refractivity contribution in [2.45, 2.75) is 0 Å². The van der Waals surface area contributed by atoms with Gasteiger partial charge < -0.3 is 0 Å². The highest BCUT2D eigenvalue weighted by molar-refractivity contribution is 5.65. The molecule has 0 N–H and O–H groups in total. The lowest BCUT2D eigenvalue weighted by Gasteiger charge is -1.81. The van der Waals surface area contributed by atoms with Gasteiger partial charge in [0.2, 0.25) is 0 Å². The number of carbonyl (C=O) groups excluding carboxylic acids is 1. The van der Waals surface area contributed by atoms with Gasteiger partial charge in [-0.1, -0.05) is 0 Å². The van der Waals surface area contributed by atoms with Crippen LogP contribution >= 0.6 is 0 Å². The number of hydrogen-bond acceptors (Lipinski definition) is 2. The summed E-state index contributed by atoms with van der Waals surface area (Å²) < 4.78 is 0.722. The Bertz CT molecular complexity index is 180. The lowest BCUT2D eigenvalue weighted by atomic mass is 10.8. The lowest BCUT2D eigenvalue weighted by Crippen LogP contribution is -2.05. The van der Waals surface area contributed by atoms with Gasteiger partial charge in [-0.05, 0) is 6.07 Å². The van der Waals surface area contributed by atoms with E-state index < -0.39 is 6.09 Å². The molecular weight excluding hydrogens is 108 g/mol. The summed E-state index contributed by atoms with van der Waals surface area (Å²) in [6.07, 6.45) is 1.36. The van der Waals surface area contributed by atoms with Gasteiger partial charge in [-0.2, -0.15) is 9.78 Å². The minimum Gasteiger partial charge on any atom is -0.218 e. The van der Waals surface area contributed by atoms with Crippen LogP contribution in [0.2, 0.25) is 0 Å². The molecule has 0 fully saturated rings. The molecule has 0 aliphatic rings. The summed E-state index contributed by atoms with van der Waals surface area (Å²) in [6, 6.07) is 1.51. The van der Waals surface area contributed by atoms with E-state index >= 15 is 0 Å². The average molecular weight is 111 g/mol. The number of hydrogen-bond donors (Lipinski definition) is 0. The Morgan fingerprint density at radius 1 is 1.62 bits per heavy atom. The number of rotatable bonds is 0. The third kappa shape index (κ3) is 0.676. The Balaban J connectivity index is 2.93. The first-order chi connectivity index (χ1) is 3.80. The first-order valence-corrected chi connectivity index (χ1v) is 2.01. The molecule has 0 aromatic carbocycles. The molecule has 4 nitrogen and oxygen atoms in total. The van der Waals surface area contributed by atoms with Crippen molar-refractivity contribution in [3.05, 3.63) is 18.5 Å². The van der Waals surface area contributed by atoms with Gasteiger partial charge in [0.1, 0.15) is 0 Å². The molecule has 0 atom stereocenters. The summed E-state index contributed by atoms with van der Waals surface area (Å²) in [7, 11) is 0. The highest BCUT2D eigenvalue weighted by Crippen LogP contribution is 1.81. The van der Waals surface area contributed by atoms with Crippen molar-refractivity contribution in [3.63, 3.8) is 0 Å². The maximum Gasteiger partial charge on any atom is 0.477 e. The number of nitrogens with zero attached hydrogens (tertiary/aromatic N) is 2. The molecule has 41 valence electrons. The third-order valence-electron chi connectivity index (χ3n) is 0.691. The van der Waals surface area contributed by atoms with Crippen molar-refractivity contribution >= 4 is 6.09 Å². The molecule has 1 radical (unpaired) electrons. The molecule has 0 unspecified atom stereocenters. The average Bonchev–Trinajstić information content (AvgIpc) is 2.12. The van der Waals surface area contributed by atoms with Crippen LogP contribution in [0.25, 0.3) is 0 Å². The van der Waals surface area contributed by atoms with Crippen LogP contribution in [0.5, 0.6) is 0 Å². The molecule has 0 aliphatic carbocycles. The van der Waals surface area contributed by atoms with Gasteiger partial charge >= 0.3 is 6.09 Å². The third-order valence-corrected chi connectivity index (χ3v) is 0.691. The molecule has 8 heavy (non-hydrogen) atoms. The predicted octanol–water partition coefficient (Wildman–Crippen LogP) is 0.282. The first kappa shape index (κ1) is 4.83. The van der Waals surface area contributed by atoms with E-state index in [1.54, 1.807) is 0 Å². The van der Waals surface area contributed by atoms with Crippen molar-refractivity contribution in [2.24, 2.45) is 0 Å². The Labute approximate surface area is 45.4 Å². The number of aromatic nitrogens is 2. The standard InChI is InChI=1S/C4H3N2O2/c7-4(8)6-3-1-2-5-6/h1-3H. The van der Waals surface area contributed by atoms with Gasteiger partial charge in [0.25, 0.3) is 0 Å². The highest BCUT2D eigenvalue weighted by atomic mass is 16.4. The quantitative estimate of drug-likeness (QED) is 0.482. The maximum atomic E-state index is 9.85. The fourth-order valence-electron chi connectivity index (χ4n) is 0.377. The summed E-state index contributed by atoms with van der Waals surface area (Å²) in [5.41, 5.74) is 0. The van der Waals surface area contributed by atoms with E-state index in [0.29, 0.717) is 0 Å². The number of carbonyl (C=O) groups is 1. The zero-order chi connectivity index (χ0) is 5.98. The maximum absolute atomic E-state index is 9.85. The molecule has 1 aromatic rings. The molecule has 0 saturated carbocycles. The van der Waals surface area contributed by atoms with Crippen LogP contribution in [-0.4, -0.2) is 15.9 Å². The van der Waals surface area contributed by atoms with Crippen LogP contribution in [0, 0.1) is 0 Å². The van der Waals surface area contributed by atoms with E-state index in [9.17, 15) is 9.90 Å². The van der Waals surface area contributed by atoms with E-state index in [1.165, 1.54) is 18.5 Å². The minimum absolute atomic E-state index is 0.722. The van der Waals surface area contributed by atoms with Gasteiger partial charge in [-0.3, -0.25) is 0 Å². The Kier molecular flexibility index (Phi) is 0.997. The van der Waals surface area contributed by atoms with Crippen molar-refractivity contribution in [3.8, 4) is 0 Å². The van der Waals surface area contributed by atoms with E-state index in [1.807, 2.05) is 0 Å². The Hall–Kier alpha value is -1.32. The van der Waals surface area contributed by atoms with Crippen LogP contribution in [0.15, 0.2) is 18.5 Å². The highest BCUT2D eigenvalue weighted by Gasteiger charge is 1.98. The Morgan fingerprint density at radius 3 is 2.62 bits per heavy atom. The molecule has 1 rings (SSSR count). The lowest BCUT2D eigenvalue weighted by molar-refractivity contribution is 0.166. The monoisotopic (exact) mass is 111 g/mol. The van der Waals surface area contributed by atoms with Gasteiger partial charge in [0, 0.05) is 12.4 Å². The largest absolute Gasteiger partial charge is 0.477 e. The van der Waals surface area contributed by atoms with Crippen LogP contribution in [0.1, 0.15) is 0 Å². The second-order valence-corrected chi connectivity index (χ2v) is 1.22. The van der Waals surface area contributed by atoms with Gasteiger partial charge in [-0.25, -0.2) is 9.90 Å². The van der Waals surface area contributed by atoms with Crippen molar-refractivity contribution in [1.82, 2.24) is 9.78 Å². The fourth-order valence-corrected chi connectivity index (χ4v) is 0.377. The van der Waals surface area contributed by atoms with Crippen LogP contribution in [0.3, 0.4) is 0 Å². The summed E-state index contributed by atoms with van der Waals surface area (Å²) in [4.78, 5) is 9.85. The van der Waals surface area contributed by atoms with Gasteiger partial charge in [-0.15, -0.1) is 0 Å². The summed E-state index contributed by atoms with van der Waals surface area (Å²) in [5.74, 6) is 0. The van der Waals surface area contributed by atoms with E-state index in [2.05, 4.69) is 5.10 Å². The van der Waals surface area contributed by atoms with Crippen molar-refractivity contribution in [2.75, 3.05) is 0 Å². The zero-order valence-electron chi connectivity index (χ0n) is 3.94. The first-order valence-electron chi connectivity index (χ1n) is 2.01. The SMILES string of the molecule is [O]C(=O)n1cccn1. The minimum atomic E-state index is -1.31. The molecule has 0 saturated heterocycles.